The van der Waals surface area contributed by atoms with Crippen LogP contribution in [0, 0.1) is 0 Å². The monoisotopic (exact) mass is 218 g/mol. The Morgan fingerprint density at radius 2 is 1.81 bits per heavy atom. The van der Waals surface area contributed by atoms with Crippen molar-refractivity contribution in [2.45, 2.75) is 13.8 Å². The molecule has 2 N–H and O–H groups in total. The summed E-state index contributed by atoms with van der Waals surface area (Å²) < 4.78 is 0. The number of hydrogen-bond donors (Lipinski definition) is 2. The van der Waals surface area contributed by atoms with E-state index in [2.05, 4.69) is 20.7 Å². The Balaban J connectivity index is 0.000000156. The standard InChI is InChI=1S/C7H5NO.C2H3N3.C2H6/c9-7-5-2-1-3-6(4-5)8-7;1-2-4-5-3-1;1-2/h1-4H,(H,8,9);1-2H,(H,3,4,5);1-2H3. The summed E-state index contributed by atoms with van der Waals surface area (Å²) in [6.07, 6.45) is 3.17. The SMILES string of the molecule is CC.O=C1Nc2cccc1c2.c1cn[nH]n1. The third-order valence-electron chi connectivity index (χ3n) is 1.71. The van der Waals surface area contributed by atoms with Gasteiger partial charge in [-0.15, -0.1) is 0 Å². The average Bonchev–Trinajstić information content (AvgIpc) is 2.96. The smallest absolute Gasteiger partial charge is 0.255 e. The minimum Gasteiger partial charge on any atom is -0.322 e. The average molecular weight is 218 g/mol. The van der Waals surface area contributed by atoms with Crippen molar-refractivity contribution in [3.05, 3.63) is 42.2 Å². The predicted molar refractivity (Wildman–Crippen MR) is 62.1 cm³/mol. The van der Waals surface area contributed by atoms with Gasteiger partial charge in [0.25, 0.3) is 5.91 Å². The van der Waals surface area contributed by atoms with Gasteiger partial charge in [-0.3, -0.25) is 4.79 Å². The van der Waals surface area contributed by atoms with Crippen molar-refractivity contribution in [2.24, 2.45) is 0 Å². The molecule has 3 rings (SSSR count). The van der Waals surface area contributed by atoms with E-state index in [-0.39, 0.29) is 5.91 Å². The molecule has 1 aromatic carbocycles. The summed E-state index contributed by atoms with van der Waals surface area (Å²) in [4.78, 5) is 10.8. The Kier molecular flexibility index (Phi) is 4.72. The number of hydrogen-bond acceptors (Lipinski definition) is 3. The second-order valence-electron chi connectivity index (χ2n) is 2.69. The molecule has 0 unspecified atom stereocenters. The number of anilines is 1. The number of benzene rings is 1. The van der Waals surface area contributed by atoms with E-state index < -0.39 is 0 Å². The number of aromatic amines is 1. The van der Waals surface area contributed by atoms with E-state index in [1.165, 1.54) is 0 Å². The lowest BCUT2D eigenvalue weighted by Crippen LogP contribution is -2.02. The van der Waals surface area contributed by atoms with Crippen LogP contribution in [0.5, 0.6) is 0 Å². The lowest BCUT2D eigenvalue weighted by molar-refractivity contribution is 0.103. The Bertz CT molecular complexity index is 408. The Labute approximate surface area is 93.9 Å². The Morgan fingerprint density at radius 3 is 2.25 bits per heavy atom. The fourth-order valence-corrected chi connectivity index (χ4v) is 1.11. The molecule has 1 amide bonds. The minimum absolute atomic E-state index is 0.00926. The lowest BCUT2D eigenvalue weighted by atomic mass is 10.2. The molecule has 1 aromatic heterocycles. The molecule has 0 radical (unpaired) electrons. The molecule has 0 aliphatic carbocycles. The normalized spacial score (nSPS) is 10.5. The molecule has 1 aliphatic rings. The Hall–Kier alpha value is -2.17. The number of carbonyl (C=O) groups is 1. The first-order valence-corrected chi connectivity index (χ1v) is 5.07. The first-order chi connectivity index (χ1) is 7.86. The van der Waals surface area contributed by atoms with Crippen molar-refractivity contribution in [3.8, 4) is 0 Å². The number of nitrogens with zero attached hydrogens (tertiary/aromatic N) is 2. The largest absolute Gasteiger partial charge is 0.322 e. The molecule has 0 saturated carbocycles. The van der Waals surface area contributed by atoms with Gasteiger partial charge in [0.2, 0.25) is 0 Å². The molecule has 2 heterocycles. The number of H-pyrrole nitrogens is 1. The van der Waals surface area contributed by atoms with Crippen LogP contribution in [0.2, 0.25) is 0 Å². The van der Waals surface area contributed by atoms with Crippen molar-refractivity contribution in [1.29, 1.82) is 0 Å². The van der Waals surface area contributed by atoms with Gasteiger partial charge in [0.15, 0.2) is 0 Å². The summed E-state index contributed by atoms with van der Waals surface area (Å²) in [5.74, 6) is 0.00926. The zero-order chi connectivity index (χ0) is 11.8. The van der Waals surface area contributed by atoms with Crippen LogP contribution in [-0.2, 0) is 0 Å². The number of fused-ring (bicyclic) bond motifs is 2. The number of amides is 1. The molecule has 16 heavy (non-hydrogen) atoms. The summed E-state index contributed by atoms with van der Waals surface area (Å²) in [5.41, 5.74) is 1.66. The second kappa shape index (κ2) is 6.34. The van der Waals surface area contributed by atoms with Gasteiger partial charge in [0.1, 0.15) is 0 Å². The highest BCUT2D eigenvalue weighted by molar-refractivity contribution is 6.09. The van der Waals surface area contributed by atoms with Crippen LogP contribution in [0.15, 0.2) is 36.7 Å². The van der Waals surface area contributed by atoms with E-state index in [0.717, 1.165) is 11.3 Å². The summed E-state index contributed by atoms with van der Waals surface area (Å²) in [6, 6.07) is 7.37. The Morgan fingerprint density at radius 1 is 1.12 bits per heavy atom. The van der Waals surface area contributed by atoms with E-state index in [4.69, 9.17) is 0 Å². The maximum Gasteiger partial charge on any atom is 0.255 e. The number of rotatable bonds is 0. The molecular formula is C11H14N4O. The molecule has 0 saturated heterocycles. The van der Waals surface area contributed by atoms with Crippen molar-refractivity contribution in [1.82, 2.24) is 15.4 Å². The van der Waals surface area contributed by atoms with Crippen LogP contribution in [0.1, 0.15) is 24.2 Å². The van der Waals surface area contributed by atoms with Crippen LogP contribution >= 0.6 is 0 Å². The molecule has 2 aromatic rings. The van der Waals surface area contributed by atoms with Crippen molar-refractivity contribution >= 4 is 11.6 Å². The minimum atomic E-state index is 0.00926. The topological polar surface area (TPSA) is 70.7 Å². The van der Waals surface area contributed by atoms with Gasteiger partial charge in [-0.1, -0.05) is 19.9 Å². The summed E-state index contributed by atoms with van der Waals surface area (Å²) in [5, 5.41) is 12.0. The maximum atomic E-state index is 10.8. The molecule has 84 valence electrons. The van der Waals surface area contributed by atoms with Crippen molar-refractivity contribution in [2.75, 3.05) is 5.32 Å². The first kappa shape index (κ1) is 11.9. The lowest BCUT2D eigenvalue weighted by Gasteiger charge is -1.86. The molecule has 2 bridgehead atoms. The zero-order valence-electron chi connectivity index (χ0n) is 9.27. The molecule has 5 heteroatoms. The fraction of sp³-hybridized carbons (Fsp3) is 0.182. The van der Waals surface area contributed by atoms with Gasteiger partial charge in [-0.25, -0.2) is 0 Å². The fourth-order valence-electron chi connectivity index (χ4n) is 1.11. The summed E-state index contributed by atoms with van der Waals surface area (Å²) >= 11 is 0. The molecule has 1 aliphatic heterocycles. The third kappa shape index (κ3) is 3.20. The van der Waals surface area contributed by atoms with Crippen molar-refractivity contribution in [3.63, 3.8) is 0 Å². The maximum absolute atomic E-state index is 10.8. The molecule has 0 spiro atoms. The number of carbonyl (C=O) groups excluding carboxylic acids is 1. The molecular weight excluding hydrogens is 204 g/mol. The molecule has 5 nitrogen and oxygen atoms in total. The van der Waals surface area contributed by atoms with Crippen molar-refractivity contribution < 1.29 is 4.79 Å². The van der Waals surface area contributed by atoms with E-state index in [1.807, 2.05) is 32.0 Å². The summed E-state index contributed by atoms with van der Waals surface area (Å²) in [6.45, 7) is 4.00. The van der Waals surface area contributed by atoms with Gasteiger partial charge >= 0.3 is 0 Å². The second-order valence-corrected chi connectivity index (χ2v) is 2.69. The van der Waals surface area contributed by atoms with Crippen LogP contribution in [0.25, 0.3) is 0 Å². The third-order valence-corrected chi connectivity index (χ3v) is 1.71. The highest BCUT2D eigenvalue weighted by Crippen LogP contribution is 2.17. The molecule has 0 atom stereocenters. The van der Waals surface area contributed by atoms with Crippen LogP contribution in [0.3, 0.4) is 0 Å². The van der Waals surface area contributed by atoms with Crippen LogP contribution in [0.4, 0.5) is 5.69 Å². The van der Waals surface area contributed by atoms with Gasteiger partial charge in [-0.2, -0.15) is 15.4 Å². The van der Waals surface area contributed by atoms with Gasteiger partial charge < -0.3 is 5.32 Å². The van der Waals surface area contributed by atoms with E-state index in [9.17, 15) is 4.79 Å². The van der Waals surface area contributed by atoms with E-state index in [1.54, 1.807) is 18.5 Å². The first-order valence-electron chi connectivity index (χ1n) is 5.07. The highest BCUT2D eigenvalue weighted by atomic mass is 16.1. The summed E-state index contributed by atoms with van der Waals surface area (Å²) in [7, 11) is 0. The highest BCUT2D eigenvalue weighted by Gasteiger charge is 2.12. The predicted octanol–water partition coefficient (Wildman–Crippen LogP) is 2.08. The van der Waals surface area contributed by atoms with E-state index in [0.29, 0.717) is 0 Å². The van der Waals surface area contributed by atoms with Gasteiger partial charge in [0.05, 0.1) is 12.4 Å². The van der Waals surface area contributed by atoms with Gasteiger partial charge in [0, 0.05) is 11.3 Å². The quantitative estimate of drug-likeness (QED) is 0.711. The number of aromatic nitrogens is 3. The van der Waals surface area contributed by atoms with Crippen LogP contribution in [-0.4, -0.2) is 21.3 Å². The van der Waals surface area contributed by atoms with E-state index >= 15 is 0 Å². The zero-order valence-corrected chi connectivity index (χ0v) is 9.27. The van der Waals surface area contributed by atoms with Gasteiger partial charge in [-0.05, 0) is 18.2 Å². The molecule has 0 fully saturated rings. The van der Waals surface area contributed by atoms with Crippen LogP contribution < -0.4 is 5.32 Å². The number of nitrogens with one attached hydrogen (secondary N) is 2.